The monoisotopic (exact) mass is 487 g/mol. The molecule has 35 heavy (non-hydrogen) atoms. The third-order valence-electron chi connectivity index (χ3n) is 6.42. The molecule has 0 bridgehead atoms. The molecule has 1 atom stereocenters. The van der Waals surface area contributed by atoms with Gasteiger partial charge in [-0.2, -0.15) is 0 Å². The van der Waals surface area contributed by atoms with Crippen LogP contribution in [0.2, 0.25) is 5.02 Å². The van der Waals surface area contributed by atoms with Crippen LogP contribution in [0.4, 0.5) is 10.5 Å². The first kappa shape index (κ1) is 22.9. The molecule has 178 valence electrons. The summed E-state index contributed by atoms with van der Waals surface area (Å²) in [6.45, 7) is 2.50. The summed E-state index contributed by atoms with van der Waals surface area (Å²) in [7, 11) is 3.08. The van der Waals surface area contributed by atoms with Gasteiger partial charge in [0.25, 0.3) is 0 Å². The molecule has 4 aromatic rings. The average molecular weight is 488 g/mol. The van der Waals surface area contributed by atoms with E-state index in [-0.39, 0.29) is 12.1 Å². The normalized spacial score (nSPS) is 14.5. The van der Waals surface area contributed by atoms with Crippen molar-refractivity contribution in [3.8, 4) is 17.2 Å². The van der Waals surface area contributed by atoms with Crippen molar-refractivity contribution >= 4 is 23.3 Å². The maximum atomic E-state index is 14.0. The Hall–Kier alpha value is -3.90. The Morgan fingerprint density at radius 2 is 1.71 bits per heavy atom. The van der Waals surface area contributed by atoms with Crippen molar-refractivity contribution < 1.29 is 14.3 Å². The molecule has 0 saturated heterocycles. The van der Waals surface area contributed by atoms with E-state index in [0.29, 0.717) is 28.8 Å². The average Bonchev–Trinajstić information content (AvgIpc) is 3.29. The molecular weight excluding hydrogens is 462 g/mol. The first-order chi connectivity index (χ1) is 17.0. The Bertz CT molecular complexity index is 1400. The van der Waals surface area contributed by atoms with E-state index in [1.165, 1.54) is 7.11 Å². The van der Waals surface area contributed by atoms with Gasteiger partial charge >= 0.3 is 6.03 Å². The lowest BCUT2D eigenvalue weighted by Crippen LogP contribution is -2.38. The van der Waals surface area contributed by atoms with Gasteiger partial charge < -0.3 is 24.3 Å². The van der Waals surface area contributed by atoms with Crippen molar-refractivity contribution in [1.29, 1.82) is 0 Å². The fourth-order valence-corrected chi connectivity index (χ4v) is 4.95. The predicted octanol–water partition coefficient (Wildman–Crippen LogP) is 6.59. The predicted molar refractivity (Wildman–Crippen MR) is 138 cm³/mol. The Morgan fingerprint density at radius 1 is 0.971 bits per heavy atom. The number of para-hydroxylation sites is 1. The molecular formula is C28H26ClN3O3. The Morgan fingerprint density at radius 3 is 2.49 bits per heavy atom. The molecule has 2 amide bonds. The quantitative estimate of drug-likeness (QED) is 0.353. The minimum absolute atomic E-state index is 0.262. The van der Waals surface area contributed by atoms with E-state index in [4.69, 9.17) is 21.1 Å². The number of methoxy groups -OCH3 is 2. The van der Waals surface area contributed by atoms with Crippen LogP contribution in [0.1, 0.15) is 28.4 Å². The highest BCUT2D eigenvalue weighted by Gasteiger charge is 2.34. The standard InChI is InChI=1S/C28H26ClN3O3/c1-18-9-4-6-11-20(18)27-24-13-8-14-31(24)23-12-7-5-10-19(23)17-32(27)28(33)30-22-15-21(29)25(34-2)16-26(22)35-3/h4-16,27H,17H2,1-3H3,(H,30,33)/t27-/m1/s1. The van der Waals surface area contributed by atoms with Crippen LogP contribution in [0.5, 0.6) is 11.5 Å². The highest BCUT2D eigenvalue weighted by molar-refractivity contribution is 6.32. The van der Waals surface area contributed by atoms with E-state index in [1.54, 1.807) is 19.2 Å². The maximum Gasteiger partial charge on any atom is 0.323 e. The third-order valence-corrected chi connectivity index (χ3v) is 6.72. The fraction of sp³-hybridized carbons (Fsp3) is 0.179. The molecule has 0 fully saturated rings. The Labute approximate surface area is 209 Å². The molecule has 6 nitrogen and oxygen atoms in total. The van der Waals surface area contributed by atoms with E-state index in [9.17, 15) is 4.79 Å². The number of urea groups is 1. The van der Waals surface area contributed by atoms with Crippen molar-refractivity contribution in [2.45, 2.75) is 19.5 Å². The number of rotatable bonds is 4. The van der Waals surface area contributed by atoms with Gasteiger partial charge in [0, 0.05) is 18.0 Å². The summed E-state index contributed by atoms with van der Waals surface area (Å²) in [5.41, 5.74) is 5.77. The molecule has 1 aliphatic heterocycles. The van der Waals surface area contributed by atoms with Crippen molar-refractivity contribution in [2.24, 2.45) is 0 Å². The number of nitrogens with zero attached hydrogens (tertiary/aromatic N) is 2. The van der Waals surface area contributed by atoms with Crippen LogP contribution >= 0.6 is 11.6 Å². The Kier molecular flexibility index (Phi) is 6.14. The number of carbonyl (C=O) groups is 1. The molecule has 0 spiro atoms. The van der Waals surface area contributed by atoms with Gasteiger partial charge in [-0.3, -0.25) is 0 Å². The zero-order chi connectivity index (χ0) is 24.5. The number of hydrogen-bond donors (Lipinski definition) is 1. The highest BCUT2D eigenvalue weighted by Crippen LogP contribution is 2.40. The fourth-order valence-electron chi connectivity index (χ4n) is 4.70. The number of amides is 2. The zero-order valence-corrected chi connectivity index (χ0v) is 20.5. The van der Waals surface area contributed by atoms with Crippen LogP contribution in [-0.2, 0) is 6.54 Å². The second kappa shape index (κ2) is 9.39. The first-order valence-corrected chi connectivity index (χ1v) is 11.7. The molecule has 1 N–H and O–H groups in total. The van der Waals surface area contributed by atoms with Crippen LogP contribution in [0.25, 0.3) is 5.69 Å². The second-order valence-corrected chi connectivity index (χ2v) is 8.84. The van der Waals surface area contributed by atoms with Crippen molar-refractivity contribution in [3.05, 3.63) is 106 Å². The van der Waals surface area contributed by atoms with Gasteiger partial charge in [0.05, 0.1) is 37.2 Å². The molecule has 2 heterocycles. The number of aromatic nitrogens is 1. The number of anilines is 1. The summed E-state index contributed by atoms with van der Waals surface area (Å²) in [6, 6.07) is 23.2. The van der Waals surface area contributed by atoms with Crippen molar-refractivity contribution in [1.82, 2.24) is 9.47 Å². The molecule has 0 aliphatic carbocycles. The van der Waals surface area contributed by atoms with Crippen molar-refractivity contribution in [3.63, 3.8) is 0 Å². The zero-order valence-electron chi connectivity index (χ0n) is 19.8. The van der Waals surface area contributed by atoms with Gasteiger partial charge in [0.1, 0.15) is 17.5 Å². The smallest absolute Gasteiger partial charge is 0.323 e. The highest BCUT2D eigenvalue weighted by atomic mass is 35.5. The van der Waals surface area contributed by atoms with Gasteiger partial charge in [-0.25, -0.2) is 4.79 Å². The number of aryl methyl sites for hydroxylation is 1. The lowest BCUT2D eigenvalue weighted by atomic mass is 9.97. The topological polar surface area (TPSA) is 55.7 Å². The number of hydrogen-bond acceptors (Lipinski definition) is 3. The lowest BCUT2D eigenvalue weighted by molar-refractivity contribution is 0.194. The molecule has 1 aromatic heterocycles. The molecule has 0 saturated carbocycles. The molecule has 0 unspecified atom stereocenters. The number of nitrogens with one attached hydrogen (secondary N) is 1. The second-order valence-electron chi connectivity index (χ2n) is 8.44. The molecule has 1 aliphatic rings. The minimum Gasteiger partial charge on any atom is -0.495 e. The van der Waals surface area contributed by atoms with Crippen LogP contribution in [0, 0.1) is 6.92 Å². The summed E-state index contributed by atoms with van der Waals surface area (Å²) in [5, 5.41) is 3.42. The summed E-state index contributed by atoms with van der Waals surface area (Å²) >= 11 is 6.37. The van der Waals surface area contributed by atoms with Crippen LogP contribution in [0.15, 0.2) is 79.0 Å². The largest absolute Gasteiger partial charge is 0.495 e. The van der Waals surface area contributed by atoms with Crippen LogP contribution in [0.3, 0.4) is 0 Å². The van der Waals surface area contributed by atoms with E-state index in [1.807, 2.05) is 41.4 Å². The number of benzene rings is 3. The van der Waals surface area contributed by atoms with E-state index in [2.05, 4.69) is 47.1 Å². The van der Waals surface area contributed by atoms with Crippen LogP contribution in [-0.4, -0.2) is 29.7 Å². The van der Waals surface area contributed by atoms with Gasteiger partial charge in [-0.15, -0.1) is 0 Å². The molecule has 3 aromatic carbocycles. The maximum absolute atomic E-state index is 14.0. The minimum atomic E-state index is -0.307. The van der Waals surface area contributed by atoms with Gasteiger partial charge in [0.2, 0.25) is 0 Å². The number of ether oxygens (including phenoxy) is 2. The first-order valence-electron chi connectivity index (χ1n) is 11.3. The van der Waals surface area contributed by atoms with E-state index < -0.39 is 0 Å². The molecule has 7 heteroatoms. The van der Waals surface area contributed by atoms with Crippen molar-refractivity contribution in [2.75, 3.05) is 19.5 Å². The van der Waals surface area contributed by atoms with Gasteiger partial charge in [-0.05, 0) is 47.9 Å². The van der Waals surface area contributed by atoms with Crippen LogP contribution < -0.4 is 14.8 Å². The van der Waals surface area contributed by atoms with Gasteiger partial charge in [0.15, 0.2) is 0 Å². The summed E-state index contributed by atoms with van der Waals surface area (Å²) < 4.78 is 13.0. The van der Waals surface area contributed by atoms with E-state index in [0.717, 1.165) is 28.1 Å². The number of carbonyl (C=O) groups excluding carboxylic acids is 1. The summed E-state index contributed by atoms with van der Waals surface area (Å²) in [4.78, 5) is 15.8. The molecule has 0 radical (unpaired) electrons. The van der Waals surface area contributed by atoms with Gasteiger partial charge in [-0.1, -0.05) is 54.1 Å². The Balaban J connectivity index is 1.63. The number of fused-ring (bicyclic) bond motifs is 3. The summed E-state index contributed by atoms with van der Waals surface area (Å²) in [6.07, 6.45) is 2.05. The SMILES string of the molecule is COc1cc(OC)c(NC(=O)N2Cc3ccccc3-n3cccc3[C@H]2c2ccccc2C)cc1Cl. The van der Waals surface area contributed by atoms with E-state index >= 15 is 0 Å². The third kappa shape index (κ3) is 4.10. The summed E-state index contributed by atoms with van der Waals surface area (Å²) in [5.74, 6) is 0.937. The lowest BCUT2D eigenvalue weighted by Gasteiger charge is -2.32. The number of halogens is 1. The molecule has 5 rings (SSSR count).